The van der Waals surface area contributed by atoms with Gasteiger partial charge in [0, 0.05) is 0 Å². The SMILES string of the molecule is CC(C)(C)c1cc(COCCP(=O)([O-])[O-])cc(C(C)(C)C)c1O.[Ni+2]. The second-order valence-corrected chi connectivity index (χ2v) is 9.60. The van der Waals surface area contributed by atoms with Gasteiger partial charge in [0.25, 0.3) is 0 Å². The average Bonchev–Trinajstić information content (AvgIpc) is 2.32. The van der Waals surface area contributed by atoms with Crippen molar-refractivity contribution in [3.63, 3.8) is 0 Å². The Balaban J connectivity index is 0.00000529. The monoisotopic (exact) mass is 400 g/mol. The Morgan fingerprint density at radius 2 is 1.46 bits per heavy atom. The predicted octanol–water partition coefficient (Wildman–Crippen LogP) is 2.42. The zero-order valence-corrected chi connectivity index (χ0v) is 17.0. The van der Waals surface area contributed by atoms with E-state index in [-0.39, 0.29) is 46.3 Å². The first-order chi connectivity index (χ1) is 10.2. The van der Waals surface area contributed by atoms with Gasteiger partial charge in [-0.15, -0.1) is 0 Å². The number of rotatable bonds is 5. The van der Waals surface area contributed by atoms with Gasteiger partial charge < -0.3 is 24.2 Å². The van der Waals surface area contributed by atoms with Crippen molar-refractivity contribution in [2.75, 3.05) is 12.8 Å². The number of benzene rings is 1. The molecule has 1 rings (SSSR count). The molecule has 1 aromatic rings. The molecule has 0 aliphatic heterocycles. The van der Waals surface area contributed by atoms with Gasteiger partial charge >= 0.3 is 16.5 Å². The first-order valence-corrected chi connectivity index (χ1v) is 9.40. The maximum absolute atomic E-state index is 10.6. The van der Waals surface area contributed by atoms with Crippen LogP contribution >= 0.6 is 7.60 Å². The van der Waals surface area contributed by atoms with Crippen LogP contribution in [0.25, 0.3) is 0 Å². The van der Waals surface area contributed by atoms with Crippen LogP contribution < -0.4 is 9.79 Å². The molecule has 0 atom stereocenters. The molecule has 0 bridgehead atoms. The van der Waals surface area contributed by atoms with Crippen LogP contribution in [-0.2, 0) is 43.2 Å². The Morgan fingerprint density at radius 1 is 1.04 bits per heavy atom. The third-order valence-corrected chi connectivity index (χ3v) is 4.29. The fourth-order valence-electron chi connectivity index (χ4n) is 2.29. The first-order valence-electron chi connectivity index (χ1n) is 7.67. The van der Waals surface area contributed by atoms with Crippen LogP contribution in [0.2, 0.25) is 0 Å². The molecule has 0 aliphatic rings. The van der Waals surface area contributed by atoms with E-state index in [1.165, 1.54) is 0 Å². The van der Waals surface area contributed by atoms with Gasteiger partial charge in [-0.25, -0.2) is 0 Å². The van der Waals surface area contributed by atoms with Crippen LogP contribution in [0, 0.1) is 0 Å². The number of phenolic OH excluding ortho intramolecular Hbond substituents is 1. The molecule has 0 fully saturated rings. The minimum Gasteiger partial charge on any atom is -0.811 e. The molecule has 0 radical (unpaired) electrons. The summed E-state index contributed by atoms with van der Waals surface area (Å²) in [4.78, 5) is 21.2. The predicted molar refractivity (Wildman–Crippen MR) is 87.6 cm³/mol. The minimum absolute atomic E-state index is 0. The van der Waals surface area contributed by atoms with Crippen molar-refractivity contribution < 1.29 is 40.7 Å². The molecule has 0 saturated heterocycles. The molecule has 0 spiro atoms. The van der Waals surface area contributed by atoms with Crippen molar-refractivity contribution in [1.82, 2.24) is 0 Å². The molecule has 0 amide bonds. The van der Waals surface area contributed by atoms with E-state index >= 15 is 0 Å². The molecule has 0 unspecified atom stereocenters. The van der Waals surface area contributed by atoms with E-state index in [1.807, 2.05) is 53.7 Å². The molecule has 0 aromatic heterocycles. The largest absolute Gasteiger partial charge is 2.00 e. The number of aromatic hydroxyl groups is 1. The topological polar surface area (TPSA) is 92.7 Å². The van der Waals surface area contributed by atoms with Crippen molar-refractivity contribution in [2.45, 2.75) is 59.0 Å². The summed E-state index contributed by atoms with van der Waals surface area (Å²) < 4.78 is 15.9. The van der Waals surface area contributed by atoms with Crippen molar-refractivity contribution in [1.29, 1.82) is 0 Å². The van der Waals surface area contributed by atoms with Gasteiger partial charge in [0.15, 0.2) is 0 Å². The number of phenols is 1. The van der Waals surface area contributed by atoms with Crippen LogP contribution in [0.5, 0.6) is 5.75 Å². The Kier molecular flexibility index (Phi) is 8.20. The molecule has 5 nitrogen and oxygen atoms in total. The third kappa shape index (κ3) is 7.25. The molecule has 1 aromatic carbocycles. The van der Waals surface area contributed by atoms with E-state index in [0.717, 1.165) is 16.7 Å². The fraction of sp³-hybridized carbons (Fsp3) is 0.647. The van der Waals surface area contributed by atoms with Crippen molar-refractivity contribution in [3.05, 3.63) is 28.8 Å². The molecule has 0 heterocycles. The van der Waals surface area contributed by atoms with E-state index in [1.54, 1.807) is 0 Å². The molecule has 0 saturated carbocycles. The van der Waals surface area contributed by atoms with Gasteiger partial charge in [-0.1, -0.05) is 49.1 Å². The van der Waals surface area contributed by atoms with E-state index in [0.29, 0.717) is 0 Å². The molecule has 1 N–H and O–H groups in total. The Bertz CT molecular complexity index is 561. The minimum atomic E-state index is -4.53. The van der Waals surface area contributed by atoms with E-state index in [2.05, 4.69) is 0 Å². The van der Waals surface area contributed by atoms with Gasteiger partial charge in [0.05, 0.1) is 13.2 Å². The van der Waals surface area contributed by atoms with E-state index in [9.17, 15) is 19.5 Å². The van der Waals surface area contributed by atoms with Crippen LogP contribution in [0.3, 0.4) is 0 Å². The fourth-order valence-corrected chi connectivity index (χ4v) is 2.64. The third-order valence-electron chi connectivity index (χ3n) is 3.56. The van der Waals surface area contributed by atoms with E-state index in [4.69, 9.17) is 4.74 Å². The Morgan fingerprint density at radius 3 is 1.79 bits per heavy atom. The number of ether oxygens (including phenoxy) is 1. The first kappa shape index (κ1) is 23.6. The molecule has 0 aliphatic carbocycles. The quantitative estimate of drug-likeness (QED) is 0.465. The van der Waals surface area contributed by atoms with Crippen LogP contribution in [-0.4, -0.2) is 17.9 Å². The summed E-state index contributed by atoms with van der Waals surface area (Å²) in [5, 5.41) is 10.6. The summed E-state index contributed by atoms with van der Waals surface area (Å²) in [5.41, 5.74) is 2.02. The van der Waals surface area contributed by atoms with Gasteiger partial charge in [-0.3, -0.25) is 0 Å². The molecular weight excluding hydrogens is 374 g/mol. The van der Waals surface area contributed by atoms with Crippen molar-refractivity contribution in [2.24, 2.45) is 0 Å². The van der Waals surface area contributed by atoms with Crippen molar-refractivity contribution >= 4 is 7.60 Å². The van der Waals surface area contributed by atoms with Crippen molar-refractivity contribution in [3.8, 4) is 5.75 Å². The summed E-state index contributed by atoms with van der Waals surface area (Å²) >= 11 is 0. The van der Waals surface area contributed by atoms with Gasteiger partial charge in [-0.05, 0) is 45.8 Å². The van der Waals surface area contributed by atoms with E-state index < -0.39 is 13.8 Å². The zero-order chi connectivity index (χ0) is 18.1. The molecule has 140 valence electrons. The van der Waals surface area contributed by atoms with Gasteiger partial charge in [0.1, 0.15) is 5.75 Å². The maximum Gasteiger partial charge on any atom is 2.00 e. The number of hydrogen-bond acceptors (Lipinski definition) is 5. The summed E-state index contributed by atoms with van der Waals surface area (Å²) in [6, 6.07) is 3.75. The second kappa shape index (κ2) is 8.34. The maximum atomic E-state index is 10.6. The summed E-state index contributed by atoms with van der Waals surface area (Å²) in [7, 11) is -4.53. The average molecular weight is 401 g/mol. The Hall–Kier alpha value is -0.376. The summed E-state index contributed by atoms with van der Waals surface area (Å²) in [5.74, 6) is 0.289. The van der Waals surface area contributed by atoms with Crippen LogP contribution in [0.4, 0.5) is 0 Å². The summed E-state index contributed by atoms with van der Waals surface area (Å²) in [6.45, 7) is 12.2. The van der Waals surface area contributed by atoms with Gasteiger partial charge in [-0.2, -0.15) is 0 Å². The molecular formula is C17H27NiO5P. The molecule has 24 heavy (non-hydrogen) atoms. The normalized spacial score (nSPS) is 12.8. The standard InChI is InChI=1S/C17H29O5P.Ni/c1-16(2,3)13-9-12(11-22-7-8-23(19,20)21)10-14(15(13)18)17(4,5)6;/h9-10,18H,7-8,11H2,1-6H3,(H2,19,20,21);/q;+2/p-2. The van der Waals surface area contributed by atoms with Crippen LogP contribution in [0.1, 0.15) is 58.2 Å². The van der Waals surface area contributed by atoms with Gasteiger partial charge in [0.2, 0.25) is 0 Å². The zero-order valence-electron chi connectivity index (χ0n) is 15.1. The second-order valence-electron chi connectivity index (χ2n) is 7.93. The smallest absolute Gasteiger partial charge is 0.811 e. The summed E-state index contributed by atoms with van der Waals surface area (Å²) in [6.07, 6.45) is -0.511. The number of hydrogen-bond donors (Lipinski definition) is 1. The Labute approximate surface area is 154 Å². The van der Waals surface area contributed by atoms with Crippen LogP contribution in [0.15, 0.2) is 12.1 Å². The molecule has 7 heteroatoms.